The number of pyridine rings is 1. The normalized spacial score (nSPS) is 10.4. The smallest absolute Gasteiger partial charge is 0.142 e. The number of nitriles is 1. The number of anilines is 1. The molecule has 1 heterocycles. The summed E-state index contributed by atoms with van der Waals surface area (Å²) >= 11 is 0. The molecule has 3 aromatic rings. The Kier molecular flexibility index (Phi) is 4.05. The molecule has 0 aliphatic heterocycles. The number of nitrogens with two attached hydrogens (primary N) is 1. The van der Waals surface area contributed by atoms with Gasteiger partial charge >= 0.3 is 0 Å². The Labute approximate surface area is 142 Å². The lowest BCUT2D eigenvalue weighted by atomic mass is 9.96. The van der Waals surface area contributed by atoms with Gasteiger partial charge in [-0.3, -0.25) is 0 Å². The Hall–Kier alpha value is -3.12. The first-order valence-electron chi connectivity index (χ1n) is 7.85. The third-order valence-electron chi connectivity index (χ3n) is 4.19. The molecule has 3 heteroatoms. The lowest BCUT2D eigenvalue weighted by Gasteiger charge is -2.12. The largest absolute Gasteiger partial charge is 0.383 e. The maximum absolute atomic E-state index is 9.51. The fourth-order valence-electron chi connectivity index (χ4n) is 2.79. The fourth-order valence-corrected chi connectivity index (χ4v) is 2.79. The summed E-state index contributed by atoms with van der Waals surface area (Å²) < 4.78 is 0. The Morgan fingerprint density at radius 1 is 0.875 bits per heavy atom. The first-order valence-corrected chi connectivity index (χ1v) is 7.85. The molecule has 0 atom stereocenters. The fraction of sp³-hybridized carbons (Fsp3) is 0.143. The highest BCUT2D eigenvalue weighted by Gasteiger charge is 2.14. The predicted octanol–water partition coefficient (Wildman–Crippen LogP) is 4.79. The van der Waals surface area contributed by atoms with E-state index >= 15 is 0 Å². The Balaban J connectivity index is 2.26. The summed E-state index contributed by atoms with van der Waals surface area (Å²) in [5.41, 5.74) is 13.6. The van der Waals surface area contributed by atoms with Gasteiger partial charge in [-0.25, -0.2) is 4.98 Å². The minimum Gasteiger partial charge on any atom is -0.383 e. The van der Waals surface area contributed by atoms with E-state index < -0.39 is 0 Å². The van der Waals surface area contributed by atoms with Crippen molar-refractivity contribution in [2.45, 2.75) is 20.8 Å². The van der Waals surface area contributed by atoms with Crippen LogP contribution in [0.15, 0.2) is 48.5 Å². The van der Waals surface area contributed by atoms with E-state index in [0.717, 1.165) is 33.5 Å². The molecule has 0 radical (unpaired) electrons. The van der Waals surface area contributed by atoms with E-state index in [0.29, 0.717) is 5.56 Å². The molecule has 24 heavy (non-hydrogen) atoms. The summed E-state index contributed by atoms with van der Waals surface area (Å²) in [6, 6.07) is 18.5. The van der Waals surface area contributed by atoms with Gasteiger partial charge in [0.15, 0.2) is 0 Å². The molecule has 0 amide bonds. The lowest BCUT2D eigenvalue weighted by Crippen LogP contribution is -2.00. The first-order chi connectivity index (χ1) is 11.5. The number of rotatable bonds is 2. The van der Waals surface area contributed by atoms with Crippen molar-refractivity contribution >= 4 is 5.82 Å². The Bertz CT molecular complexity index is 948. The minimum atomic E-state index is 0.270. The van der Waals surface area contributed by atoms with E-state index in [-0.39, 0.29) is 5.82 Å². The third kappa shape index (κ3) is 2.87. The van der Waals surface area contributed by atoms with Crippen LogP contribution in [-0.2, 0) is 0 Å². The van der Waals surface area contributed by atoms with Crippen LogP contribution in [-0.4, -0.2) is 4.98 Å². The monoisotopic (exact) mass is 313 g/mol. The number of nitrogens with zero attached hydrogens (tertiary/aromatic N) is 2. The number of benzene rings is 2. The lowest BCUT2D eigenvalue weighted by molar-refractivity contribution is 1.28. The number of hydrogen-bond acceptors (Lipinski definition) is 3. The van der Waals surface area contributed by atoms with Gasteiger partial charge in [0.05, 0.1) is 5.69 Å². The van der Waals surface area contributed by atoms with Gasteiger partial charge in [-0.05, 0) is 44.0 Å². The van der Waals surface area contributed by atoms with E-state index in [9.17, 15) is 5.26 Å². The Morgan fingerprint density at radius 3 is 2.21 bits per heavy atom. The molecule has 0 spiro atoms. The number of aryl methyl sites for hydroxylation is 3. The topological polar surface area (TPSA) is 62.7 Å². The molecule has 0 saturated carbocycles. The van der Waals surface area contributed by atoms with Gasteiger partial charge in [0, 0.05) is 11.1 Å². The summed E-state index contributed by atoms with van der Waals surface area (Å²) in [5.74, 6) is 0.270. The summed E-state index contributed by atoms with van der Waals surface area (Å²) in [6.07, 6.45) is 0. The second-order valence-corrected chi connectivity index (χ2v) is 6.11. The first kappa shape index (κ1) is 15.8. The summed E-state index contributed by atoms with van der Waals surface area (Å²) in [6.45, 7) is 6.14. The van der Waals surface area contributed by atoms with Crippen LogP contribution < -0.4 is 5.73 Å². The summed E-state index contributed by atoms with van der Waals surface area (Å²) in [5, 5.41) is 9.51. The van der Waals surface area contributed by atoms with Crippen molar-refractivity contribution in [1.29, 1.82) is 5.26 Å². The molecule has 3 rings (SSSR count). The number of aromatic nitrogens is 1. The zero-order chi connectivity index (χ0) is 17.3. The van der Waals surface area contributed by atoms with Crippen LogP contribution >= 0.6 is 0 Å². The molecular formula is C21H19N3. The highest BCUT2D eigenvalue weighted by Crippen LogP contribution is 2.32. The van der Waals surface area contributed by atoms with E-state index in [1.165, 1.54) is 5.56 Å². The van der Waals surface area contributed by atoms with Gasteiger partial charge in [-0.1, -0.05) is 47.5 Å². The van der Waals surface area contributed by atoms with Crippen molar-refractivity contribution in [1.82, 2.24) is 4.98 Å². The summed E-state index contributed by atoms with van der Waals surface area (Å²) in [7, 11) is 0. The molecule has 0 unspecified atom stereocenters. The molecule has 0 aliphatic rings. The van der Waals surface area contributed by atoms with Gasteiger partial charge in [0.25, 0.3) is 0 Å². The van der Waals surface area contributed by atoms with Crippen molar-refractivity contribution in [3.63, 3.8) is 0 Å². The molecule has 0 saturated heterocycles. The van der Waals surface area contributed by atoms with E-state index in [1.54, 1.807) is 0 Å². The average Bonchev–Trinajstić information content (AvgIpc) is 2.57. The van der Waals surface area contributed by atoms with Gasteiger partial charge in [0.2, 0.25) is 0 Å². The molecule has 2 aromatic carbocycles. The maximum atomic E-state index is 9.51. The highest BCUT2D eigenvalue weighted by molar-refractivity contribution is 5.81. The van der Waals surface area contributed by atoms with Gasteiger partial charge in [0.1, 0.15) is 17.5 Å². The minimum absolute atomic E-state index is 0.270. The number of hydrogen-bond donors (Lipinski definition) is 1. The quantitative estimate of drug-likeness (QED) is 0.739. The van der Waals surface area contributed by atoms with Crippen LogP contribution in [0.1, 0.15) is 22.3 Å². The van der Waals surface area contributed by atoms with Crippen LogP contribution in [0, 0.1) is 32.1 Å². The van der Waals surface area contributed by atoms with Gasteiger partial charge < -0.3 is 5.73 Å². The Morgan fingerprint density at radius 2 is 1.54 bits per heavy atom. The van der Waals surface area contributed by atoms with E-state index in [4.69, 9.17) is 5.73 Å². The van der Waals surface area contributed by atoms with Crippen molar-refractivity contribution in [2.24, 2.45) is 0 Å². The predicted molar refractivity (Wildman–Crippen MR) is 98.4 cm³/mol. The molecule has 1 aromatic heterocycles. The van der Waals surface area contributed by atoms with Gasteiger partial charge in [-0.2, -0.15) is 5.26 Å². The zero-order valence-corrected chi connectivity index (χ0v) is 14.1. The van der Waals surface area contributed by atoms with Crippen LogP contribution in [0.3, 0.4) is 0 Å². The van der Waals surface area contributed by atoms with Crippen LogP contribution in [0.2, 0.25) is 0 Å². The molecule has 2 N–H and O–H groups in total. The molecular weight excluding hydrogens is 294 g/mol. The van der Waals surface area contributed by atoms with Crippen molar-refractivity contribution < 1.29 is 0 Å². The highest BCUT2D eigenvalue weighted by atomic mass is 14.8. The summed E-state index contributed by atoms with van der Waals surface area (Å²) in [4.78, 5) is 4.48. The van der Waals surface area contributed by atoms with Crippen LogP contribution in [0.5, 0.6) is 0 Å². The molecule has 3 nitrogen and oxygen atoms in total. The SMILES string of the molecule is Cc1ccc(-c2cc(-c3cc(C)ccc3C)nc(N)c2C#N)cc1. The molecule has 0 fully saturated rings. The second kappa shape index (κ2) is 6.17. The molecule has 0 bridgehead atoms. The molecule has 0 aliphatic carbocycles. The van der Waals surface area contributed by atoms with Gasteiger partial charge in [-0.15, -0.1) is 0 Å². The molecule has 118 valence electrons. The van der Waals surface area contributed by atoms with Crippen molar-refractivity contribution in [3.8, 4) is 28.5 Å². The van der Waals surface area contributed by atoms with E-state index in [2.05, 4.69) is 43.1 Å². The zero-order valence-electron chi connectivity index (χ0n) is 14.1. The number of nitrogen functional groups attached to an aromatic ring is 1. The van der Waals surface area contributed by atoms with E-state index in [1.807, 2.05) is 37.3 Å². The van der Waals surface area contributed by atoms with Crippen LogP contribution in [0.25, 0.3) is 22.4 Å². The van der Waals surface area contributed by atoms with Crippen molar-refractivity contribution in [3.05, 3.63) is 70.8 Å². The maximum Gasteiger partial charge on any atom is 0.142 e. The average molecular weight is 313 g/mol. The third-order valence-corrected chi connectivity index (χ3v) is 4.19. The second-order valence-electron chi connectivity index (χ2n) is 6.11. The van der Waals surface area contributed by atoms with Crippen LogP contribution in [0.4, 0.5) is 5.82 Å². The standard InChI is InChI=1S/C21H19N3/c1-13-5-8-16(9-6-13)18-11-20(24-21(23)19(18)12-22)17-10-14(2)4-7-15(17)3/h4-11H,1-3H3,(H2,23,24). The van der Waals surface area contributed by atoms with Crippen molar-refractivity contribution in [2.75, 3.05) is 5.73 Å².